The van der Waals surface area contributed by atoms with Gasteiger partial charge in [-0.15, -0.1) is 0 Å². The van der Waals surface area contributed by atoms with Gasteiger partial charge in [0, 0.05) is 25.4 Å². The van der Waals surface area contributed by atoms with Crippen molar-refractivity contribution in [3.05, 3.63) is 78.4 Å². The highest BCUT2D eigenvalue weighted by Crippen LogP contribution is 2.26. The van der Waals surface area contributed by atoms with E-state index in [2.05, 4.69) is 15.6 Å². The summed E-state index contributed by atoms with van der Waals surface area (Å²) in [4.78, 5) is 27.4. The number of benzene rings is 2. The van der Waals surface area contributed by atoms with Gasteiger partial charge in [0.15, 0.2) is 5.82 Å². The van der Waals surface area contributed by atoms with E-state index in [1.54, 1.807) is 30.3 Å². The van der Waals surface area contributed by atoms with Crippen molar-refractivity contribution in [2.45, 2.75) is 0 Å². The monoisotopic (exact) mass is 381 g/mol. The van der Waals surface area contributed by atoms with Crippen LogP contribution in [0, 0.1) is 5.82 Å². The molecule has 0 bridgehead atoms. The minimum atomic E-state index is -0.817. The summed E-state index contributed by atoms with van der Waals surface area (Å²) in [6, 6.07) is 15.3. The van der Waals surface area contributed by atoms with Crippen LogP contribution in [-0.4, -0.2) is 24.0 Å². The molecule has 2 aromatic carbocycles. The lowest BCUT2D eigenvalue weighted by atomic mass is 10.3. The molecule has 2 N–H and O–H groups in total. The number of amides is 2. The van der Waals surface area contributed by atoms with E-state index in [0.717, 1.165) is 6.07 Å². The Morgan fingerprint density at radius 1 is 0.964 bits per heavy atom. The molecule has 0 radical (unpaired) electrons. The third kappa shape index (κ3) is 4.82. The first-order chi connectivity index (χ1) is 13.5. The Bertz CT molecular complexity index is 996. The first-order valence-corrected chi connectivity index (χ1v) is 8.24. The highest BCUT2D eigenvalue weighted by atomic mass is 19.1. The summed E-state index contributed by atoms with van der Waals surface area (Å²) >= 11 is 0. The van der Waals surface area contributed by atoms with E-state index in [-0.39, 0.29) is 23.0 Å². The summed E-state index contributed by atoms with van der Waals surface area (Å²) in [5, 5.41) is 4.78. The molecular formula is C20H16FN3O4. The number of anilines is 1. The van der Waals surface area contributed by atoms with E-state index in [1.807, 2.05) is 0 Å². The fourth-order valence-electron chi connectivity index (χ4n) is 2.25. The van der Waals surface area contributed by atoms with Crippen LogP contribution >= 0.6 is 0 Å². The van der Waals surface area contributed by atoms with Crippen molar-refractivity contribution >= 4 is 17.7 Å². The molecule has 1 aromatic heterocycles. The Morgan fingerprint density at radius 3 is 2.43 bits per heavy atom. The molecule has 8 heteroatoms. The van der Waals surface area contributed by atoms with Crippen LogP contribution in [0.15, 0.2) is 66.9 Å². The molecule has 28 heavy (non-hydrogen) atoms. The Hall–Kier alpha value is -3.94. The van der Waals surface area contributed by atoms with Crippen LogP contribution in [0.5, 0.6) is 17.2 Å². The zero-order valence-electron chi connectivity index (χ0n) is 14.8. The average Bonchev–Trinajstić information content (AvgIpc) is 2.70. The molecule has 0 aliphatic heterocycles. The van der Waals surface area contributed by atoms with Crippen molar-refractivity contribution in [2.75, 3.05) is 12.4 Å². The van der Waals surface area contributed by atoms with Crippen molar-refractivity contribution in [1.29, 1.82) is 0 Å². The second-order valence-electron chi connectivity index (χ2n) is 5.53. The summed E-state index contributed by atoms with van der Waals surface area (Å²) in [5.41, 5.74) is 0.108. The van der Waals surface area contributed by atoms with E-state index in [4.69, 9.17) is 9.47 Å². The molecule has 1 heterocycles. The summed E-state index contributed by atoms with van der Waals surface area (Å²) < 4.78 is 24.9. The number of hydrogen-bond donors (Lipinski definition) is 2. The molecule has 0 saturated heterocycles. The minimum absolute atomic E-state index is 0.0611. The van der Waals surface area contributed by atoms with Crippen LogP contribution in [0.2, 0.25) is 0 Å². The van der Waals surface area contributed by atoms with Gasteiger partial charge in [-0.25, -0.2) is 9.18 Å². The number of ether oxygens (including phenoxy) is 2. The molecule has 0 atom stereocenters. The summed E-state index contributed by atoms with van der Waals surface area (Å²) in [6.07, 6.45) is 0.592. The molecule has 0 spiro atoms. The lowest BCUT2D eigenvalue weighted by Gasteiger charge is -2.10. The van der Waals surface area contributed by atoms with Crippen molar-refractivity contribution < 1.29 is 23.5 Å². The van der Waals surface area contributed by atoms with Gasteiger partial charge in [0.1, 0.15) is 22.9 Å². The number of hydrogen-bond acceptors (Lipinski definition) is 5. The highest BCUT2D eigenvalue weighted by Gasteiger charge is 2.11. The average molecular weight is 381 g/mol. The van der Waals surface area contributed by atoms with Crippen molar-refractivity contribution in [1.82, 2.24) is 10.3 Å². The van der Waals surface area contributed by atoms with Gasteiger partial charge in [0.05, 0.1) is 5.69 Å². The van der Waals surface area contributed by atoms with Crippen LogP contribution in [0.4, 0.5) is 14.9 Å². The van der Waals surface area contributed by atoms with Crippen LogP contribution in [0.1, 0.15) is 10.5 Å². The number of carbonyl (C=O) groups is 2. The number of para-hydroxylation sites is 1. The minimum Gasteiger partial charge on any atom is -0.457 e. The van der Waals surface area contributed by atoms with E-state index >= 15 is 0 Å². The van der Waals surface area contributed by atoms with Gasteiger partial charge in [0.2, 0.25) is 0 Å². The van der Waals surface area contributed by atoms with Gasteiger partial charge in [-0.3, -0.25) is 15.1 Å². The molecular weight excluding hydrogens is 365 g/mol. The number of nitrogens with one attached hydrogen (secondary N) is 2. The predicted octanol–water partition coefficient (Wildman–Crippen LogP) is 3.98. The molecule has 2 amide bonds. The Kier molecular flexibility index (Phi) is 5.81. The van der Waals surface area contributed by atoms with Gasteiger partial charge >= 0.3 is 6.09 Å². The SMILES string of the molecule is CNC(=O)c1cc(Oc2ccc(NC(=O)Oc3ccccc3)c(F)c2)ccn1. The molecule has 0 aliphatic carbocycles. The van der Waals surface area contributed by atoms with E-state index in [9.17, 15) is 14.0 Å². The third-order valence-corrected chi connectivity index (χ3v) is 3.56. The molecule has 7 nitrogen and oxygen atoms in total. The zero-order valence-corrected chi connectivity index (χ0v) is 14.8. The molecule has 0 aliphatic rings. The smallest absolute Gasteiger partial charge is 0.417 e. The fraction of sp³-hybridized carbons (Fsp3) is 0.0500. The Balaban J connectivity index is 1.67. The topological polar surface area (TPSA) is 89.6 Å². The fourth-order valence-corrected chi connectivity index (χ4v) is 2.25. The number of carbonyl (C=O) groups excluding carboxylic acids is 2. The van der Waals surface area contributed by atoms with Crippen molar-refractivity contribution in [3.63, 3.8) is 0 Å². The van der Waals surface area contributed by atoms with Crippen LogP contribution in [0.3, 0.4) is 0 Å². The van der Waals surface area contributed by atoms with E-state index < -0.39 is 11.9 Å². The van der Waals surface area contributed by atoms with Crippen LogP contribution in [0.25, 0.3) is 0 Å². The normalized spacial score (nSPS) is 10.1. The number of rotatable bonds is 5. The second-order valence-corrected chi connectivity index (χ2v) is 5.53. The molecule has 0 saturated carbocycles. The maximum atomic E-state index is 14.3. The standard InChI is InChI=1S/C20H16FN3O4/c1-22-19(25)18-12-15(9-10-23-18)27-14-7-8-17(16(21)11-14)24-20(26)28-13-5-3-2-4-6-13/h2-12H,1H3,(H,22,25)(H,24,26). The maximum absolute atomic E-state index is 14.3. The summed E-state index contributed by atoms with van der Waals surface area (Å²) in [5.74, 6) is -0.230. The third-order valence-electron chi connectivity index (χ3n) is 3.56. The van der Waals surface area contributed by atoms with E-state index in [1.165, 1.54) is 37.5 Å². The van der Waals surface area contributed by atoms with Gasteiger partial charge in [-0.2, -0.15) is 0 Å². The Morgan fingerprint density at radius 2 is 1.71 bits per heavy atom. The van der Waals surface area contributed by atoms with Gasteiger partial charge in [-0.05, 0) is 30.3 Å². The number of halogens is 1. The summed E-state index contributed by atoms with van der Waals surface area (Å²) in [7, 11) is 1.49. The summed E-state index contributed by atoms with van der Waals surface area (Å²) in [6.45, 7) is 0. The largest absolute Gasteiger partial charge is 0.457 e. The van der Waals surface area contributed by atoms with E-state index in [0.29, 0.717) is 11.5 Å². The van der Waals surface area contributed by atoms with Crippen molar-refractivity contribution in [2.24, 2.45) is 0 Å². The molecule has 142 valence electrons. The predicted molar refractivity (Wildman–Crippen MR) is 100 cm³/mol. The lowest BCUT2D eigenvalue weighted by molar-refractivity contribution is 0.0957. The van der Waals surface area contributed by atoms with Gasteiger partial charge in [0.25, 0.3) is 5.91 Å². The van der Waals surface area contributed by atoms with Crippen LogP contribution in [-0.2, 0) is 0 Å². The molecule has 0 unspecified atom stereocenters. The zero-order chi connectivity index (χ0) is 19.9. The molecule has 0 fully saturated rings. The lowest BCUT2D eigenvalue weighted by Crippen LogP contribution is -2.19. The number of aromatic nitrogens is 1. The second kappa shape index (κ2) is 8.63. The molecule has 3 aromatic rings. The van der Waals surface area contributed by atoms with Gasteiger partial charge < -0.3 is 14.8 Å². The number of pyridine rings is 1. The highest BCUT2D eigenvalue weighted by molar-refractivity contribution is 5.92. The van der Waals surface area contributed by atoms with Crippen LogP contribution < -0.4 is 20.1 Å². The first-order valence-electron chi connectivity index (χ1n) is 8.24. The number of nitrogens with zero attached hydrogens (tertiary/aromatic N) is 1. The quantitative estimate of drug-likeness (QED) is 0.698. The van der Waals surface area contributed by atoms with Crippen molar-refractivity contribution in [3.8, 4) is 17.2 Å². The van der Waals surface area contributed by atoms with Gasteiger partial charge in [-0.1, -0.05) is 18.2 Å². The molecule has 3 rings (SSSR count). The Labute approximate surface area is 160 Å². The first kappa shape index (κ1) is 18.8. The maximum Gasteiger partial charge on any atom is 0.417 e.